The standard InChI is InChI=1S/C15H27N5O2.HI/c1-16-15(18-8-14-9-19-20(2)10-14)17-5-3-6-21-11-13-4-7-22-12-13;/h9-10,13H,3-8,11-12H2,1-2H3,(H2,16,17,18);1H. The first-order chi connectivity index (χ1) is 10.8. The maximum absolute atomic E-state index is 5.67. The van der Waals surface area contributed by atoms with E-state index in [1.54, 1.807) is 11.7 Å². The number of halogens is 1. The Bertz CT molecular complexity index is 460. The second-order valence-corrected chi connectivity index (χ2v) is 5.53. The summed E-state index contributed by atoms with van der Waals surface area (Å²) >= 11 is 0. The van der Waals surface area contributed by atoms with Gasteiger partial charge in [-0.2, -0.15) is 5.10 Å². The van der Waals surface area contributed by atoms with E-state index in [-0.39, 0.29) is 24.0 Å². The Morgan fingerprint density at radius 1 is 1.52 bits per heavy atom. The van der Waals surface area contributed by atoms with Crippen LogP contribution in [0.1, 0.15) is 18.4 Å². The third kappa shape index (κ3) is 7.98. The Hall–Kier alpha value is -0.870. The summed E-state index contributed by atoms with van der Waals surface area (Å²) in [7, 11) is 3.68. The van der Waals surface area contributed by atoms with Crippen LogP contribution in [0.15, 0.2) is 17.4 Å². The van der Waals surface area contributed by atoms with Gasteiger partial charge in [0.05, 0.1) is 19.4 Å². The summed E-state index contributed by atoms with van der Waals surface area (Å²) in [5.41, 5.74) is 1.13. The van der Waals surface area contributed by atoms with Gasteiger partial charge in [0, 0.05) is 58.1 Å². The van der Waals surface area contributed by atoms with Crippen molar-refractivity contribution in [2.45, 2.75) is 19.4 Å². The first kappa shape index (κ1) is 20.2. The average molecular weight is 437 g/mol. The van der Waals surface area contributed by atoms with E-state index < -0.39 is 0 Å². The molecule has 1 saturated heterocycles. The molecule has 1 aliphatic heterocycles. The lowest BCUT2D eigenvalue weighted by Gasteiger charge is -2.12. The average Bonchev–Trinajstić information content (AvgIpc) is 3.17. The summed E-state index contributed by atoms with van der Waals surface area (Å²) in [5.74, 6) is 1.38. The quantitative estimate of drug-likeness (QED) is 0.276. The number of nitrogens with zero attached hydrogens (tertiary/aromatic N) is 3. The minimum atomic E-state index is 0. The number of hydrogen-bond acceptors (Lipinski definition) is 4. The van der Waals surface area contributed by atoms with Gasteiger partial charge >= 0.3 is 0 Å². The molecule has 23 heavy (non-hydrogen) atoms. The lowest BCUT2D eigenvalue weighted by molar-refractivity contribution is 0.0888. The second-order valence-electron chi connectivity index (χ2n) is 5.53. The number of guanidine groups is 1. The van der Waals surface area contributed by atoms with Crippen molar-refractivity contribution < 1.29 is 9.47 Å². The molecular formula is C15H28IN5O2. The van der Waals surface area contributed by atoms with Gasteiger partial charge in [0.1, 0.15) is 0 Å². The Morgan fingerprint density at radius 3 is 3.04 bits per heavy atom. The zero-order valence-electron chi connectivity index (χ0n) is 14.0. The van der Waals surface area contributed by atoms with Crippen LogP contribution in [-0.2, 0) is 23.1 Å². The minimum Gasteiger partial charge on any atom is -0.381 e. The van der Waals surface area contributed by atoms with Crippen molar-refractivity contribution in [3.63, 3.8) is 0 Å². The molecule has 1 aromatic heterocycles. The van der Waals surface area contributed by atoms with Gasteiger partial charge < -0.3 is 20.1 Å². The molecule has 0 aromatic carbocycles. The van der Waals surface area contributed by atoms with Crippen LogP contribution in [0.25, 0.3) is 0 Å². The van der Waals surface area contributed by atoms with Crippen molar-refractivity contribution >= 4 is 29.9 Å². The van der Waals surface area contributed by atoms with E-state index in [0.29, 0.717) is 12.5 Å². The molecule has 1 aliphatic rings. The topological polar surface area (TPSA) is 72.7 Å². The largest absolute Gasteiger partial charge is 0.381 e. The second kappa shape index (κ2) is 11.6. The van der Waals surface area contributed by atoms with Gasteiger partial charge in [-0.3, -0.25) is 9.67 Å². The molecule has 1 fully saturated rings. The minimum absolute atomic E-state index is 0. The monoisotopic (exact) mass is 437 g/mol. The van der Waals surface area contributed by atoms with E-state index >= 15 is 0 Å². The molecule has 132 valence electrons. The fraction of sp³-hybridized carbons (Fsp3) is 0.733. The highest BCUT2D eigenvalue weighted by molar-refractivity contribution is 14.0. The molecular weight excluding hydrogens is 409 g/mol. The maximum Gasteiger partial charge on any atom is 0.191 e. The molecule has 0 bridgehead atoms. The van der Waals surface area contributed by atoms with Crippen LogP contribution < -0.4 is 10.6 Å². The smallest absolute Gasteiger partial charge is 0.191 e. The molecule has 2 rings (SSSR count). The lowest BCUT2D eigenvalue weighted by atomic mass is 10.1. The predicted octanol–water partition coefficient (Wildman–Crippen LogP) is 1.15. The zero-order chi connectivity index (χ0) is 15.6. The molecule has 0 spiro atoms. The summed E-state index contributed by atoms with van der Waals surface area (Å²) in [6.07, 6.45) is 5.92. The zero-order valence-corrected chi connectivity index (χ0v) is 16.3. The van der Waals surface area contributed by atoms with E-state index in [2.05, 4.69) is 20.7 Å². The normalized spacial score (nSPS) is 17.8. The highest BCUT2D eigenvalue weighted by Gasteiger charge is 2.15. The molecule has 2 heterocycles. The third-order valence-electron chi connectivity index (χ3n) is 3.58. The molecule has 0 aliphatic carbocycles. The number of aryl methyl sites for hydroxylation is 1. The van der Waals surface area contributed by atoms with E-state index in [1.807, 2.05) is 19.4 Å². The molecule has 2 N–H and O–H groups in total. The van der Waals surface area contributed by atoms with E-state index in [4.69, 9.17) is 9.47 Å². The first-order valence-electron chi connectivity index (χ1n) is 7.85. The Morgan fingerprint density at radius 2 is 2.39 bits per heavy atom. The van der Waals surface area contributed by atoms with Crippen LogP contribution in [0.2, 0.25) is 0 Å². The fourth-order valence-corrected chi connectivity index (χ4v) is 2.32. The van der Waals surface area contributed by atoms with E-state index in [0.717, 1.165) is 57.3 Å². The van der Waals surface area contributed by atoms with Gasteiger partial charge in [0.15, 0.2) is 5.96 Å². The lowest BCUT2D eigenvalue weighted by Crippen LogP contribution is -2.37. The SMILES string of the molecule is CN=C(NCCCOCC1CCOC1)NCc1cnn(C)c1.I. The Labute approximate surface area is 155 Å². The third-order valence-corrected chi connectivity index (χ3v) is 3.58. The predicted molar refractivity (Wildman–Crippen MR) is 101 cm³/mol. The first-order valence-corrected chi connectivity index (χ1v) is 7.85. The number of nitrogens with one attached hydrogen (secondary N) is 2. The van der Waals surface area contributed by atoms with E-state index in [9.17, 15) is 0 Å². The Kier molecular flexibility index (Phi) is 10.2. The molecule has 0 saturated carbocycles. The maximum atomic E-state index is 5.67. The summed E-state index contributed by atoms with van der Waals surface area (Å²) < 4.78 is 12.8. The molecule has 7 nitrogen and oxygen atoms in total. The highest BCUT2D eigenvalue weighted by atomic mass is 127. The van der Waals surface area contributed by atoms with Crippen LogP contribution in [0.3, 0.4) is 0 Å². The molecule has 0 radical (unpaired) electrons. The summed E-state index contributed by atoms with van der Waals surface area (Å²) in [6.45, 7) is 4.87. The van der Waals surface area contributed by atoms with Crippen molar-refractivity contribution in [1.82, 2.24) is 20.4 Å². The highest BCUT2D eigenvalue weighted by Crippen LogP contribution is 2.12. The number of aromatic nitrogens is 2. The van der Waals surface area contributed by atoms with Crippen molar-refractivity contribution in [3.05, 3.63) is 18.0 Å². The van der Waals surface area contributed by atoms with Gasteiger partial charge in [-0.05, 0) is 12.8 Å². The van der Waals surface area contributed by atoms with E-state index in [1.165, 1.54) is 0 Å². The molecule has 1 aromatic rings. The van der Waals surface area contributed by atoms with Crippen molar-refractivity contribution in [2.75, 3.05) is 40.0 Å². The van der Waals surface area contributed by atoms with Crippen molar-refractivity contribution in [2.24, 2.45) is 18.0 Å². The van der Waals surface area contributed by atoms with Gasteiger partial charge in [-0.15, -0.1) is 24.0 Å². The van der Waals surface area contributed by atoms with Crippen molar-refractivity contribution in [3.8, 4) is 0 Å². The summed E-state index contributed by atoms with van der Waals surface area (Å²) in [5, 5.41) is 10.7. The number of ether oxygens (including phenoxy) is 2. The van der Waals surface area contributed by atoms with Gasteiger partial charge in [0.2, 0.25) is 0 Å². The van der Waals surface area contributed by atoms with Crippen molar-refractivity contribution in [1.29, 1.82) is 0 Å². The van der Waals surface area contributed by atoms with Crippen LogP contribution in [-0.4, -0.2) is 55.8 Å². The number of hydrogen-bond donors (Lipinski definition) is 2. The van der Waals surface area contributed by atoms with Crippen LogP contribution in [0.4, 0.5) is 0 Å². The van der Waals surface area contributed by atoms with Gasteiger partial charge in [-0.25, -0.2) is 0 Å². The van der Waals surface area contributed by atoms with Crippen LogP contribution in [0, 0.1) is 5.92 Å². The summed E-state index contributed by atoms with van der Waals surface area (Å²) in [6, 6.07) is 0. The molecule has 1 unspecified atom stereocenters. The van der Waals surface area contributed by atoms with Crippen LogP contribution >= 0.6 is 24.0 Å². The molecule has 8 heteroatoms. The van der Waals surface area contributed by atoms with Gasteiger partial charge in [0.25, 0.3) is 0 Å². The Balaban J connectivity index is 0.00000264. The summed E-state index contributed by atoms with van der Waals surface area (Å²) in [4.78, 5) is 4.20. The number of aliphatic imine (C=N–C) groups is 1. The molecule has 1 atom stereocenters. The molecule has 0 amide bonds. The van der Waals surface area contributed by atoms with Gasteiger partial charge in [-0.1, -0.05) is 0 Å². The van der Waals surface area contributed by atoms with Crippen LogP contribution in [0.5, 0.6) is 0 Å². The number of rotatable bonds is 8. The fourth-order valence-electron chi connectivity index (χ4n) is 2.32.